The smallest absolute Gasteiger partial charge is 0.290 e. The van der Waals surface area contributed by atoms with Gasteiger partial charge >= 0.3 is 0 Å². The molecule has 0 spiro atoms. The number of nitrogens with zero attached hydrogens (tertiary/aromatic N) is 2. The zero-order valence-electron chi connectivity index (χ0n) is 14.3. The van der Waals surface area contributed by atoms with Gasteiger partial charge in [0.25, 0.3) is 5.95 Å². The molecule has 1 aromatic carbocycles. The SMILES string of the molecule is CC(=O)N1CC[C@H](CN(C)Cc2ccc(Oc3ccccc3)o2)C1. The Hall–Kier alpha value is -2.27. The lowest BCUT2D eigenvalue weighted by atomic mass is 10.1. The lowest BCUT2D eigenvalue weighted by Crippen LogP contribution is -2.30. The molecule has 0 radical (unpaired) electrons. The van der Waals surface area contributed by atoms with Crippen molar-refractivity contribution in [2.24, 2.45) is 5.92 Å². The van der Waals surface area contributed by atoms with Gasteiger partial charge in [0.15, 0.2) is 0 Å². The van der Waals surface area contributed by atoms with E-state index in [-0.39, 0.29) is 5.91 Å². The summed E-state index contributed by atoms with van der Waals surface area (Å²) in [5.41, 5.74) is 0. The Labute approximate surface area is 142 Å². The van der Waals surface area contributed by atoms with E-state index >= 15 is 0 Å². The van der Waals surface area contributed by atoms with Gasteiger partial charge in [-0.2, -0.15) is 0 Å². The molecule has 0 unspecified atom stereocenters. The molecule has 0 saturated carbocycles. The summed E-state index contributed by atoms with van der Waals surface area (Å²) in [6.07, 6.45) is 1.07. The number of para-hydroxylation sites is 1. The number of rotatable bonds is 6. The lowest BCUT2D eigenvalue weighted by Gasteiger charge is -2.20. The summed E-state index contributed by atoms with van der Waals surface area (Å²) in [4.78, 5) is 15.6. The molecule has 3 rings (SSSR count). The molecule has 128 valence electrons. The summed E-state index contributed by atoms with van der Waals surface area (Å²) in [6, 6.07) is 13.4. The van der Waals surface area contributed by atoms with Gasteiger partial charge in [-0.1, -0.05) is 18.2 Å². The largest absolute Gasteiger partial charge is 0.429 e. The molecule has 0 aliphatic carbocycles. The molecule has 5 heteroatoms. The number of carbonyl (C=O) groups is 1. The number of hydrogen-bond donors (Lipinski definition) is 0. The highest BCUT2D eigenvalue weighted by molar-refractivity contribution is 5.73. The van der Waals surface area contributed by atoms with Crippen molar-refractivity contribution in [2.45, 2.75) is 19.9 Å². The number of furan rings is 1. The van der Waals surface area contributed by atoms with Gasteiger partial charge in [-0.25, -0.2) is 0 Å². The van der Waals surface area contributed by atoms with Crippen LogP contribution in [0.1, 0.15) is 19.1 Å². The van der Waals surface area contributed by atoms with Crippen LogP contribution in [0.4, 0.5) is 0 Å². The van der Waals surface area contributed by atoms with E-state index in [0.717, 1.165) is 44.1 Å². The minimum absolute atomic E-state index is 0.175. The average molecular weight is 328 g/mol. The van der Waals surface area contributed by atoms with Crippen LogP contribution in [0, 0.1) is 5.92 Å². The first-order valence-electron chi connectivity index (χ1n) is 8.36. The van der Waals surface area contributed by atoms with Crippen molar-refractivity contribution in [1.29, 1.82) is 0 Å². The van der Waals surface area contributed by atoms with Gasteiger partial charge in [-0.15, -0.1) is 0 Å². The normalized spacial score (nSPS) is 17.5. The maximum absolute atomic E-state index is 11.4. The zero-order chi connectivity index (χ0) is 16.9. The maximum atomic E-state index is 11.4. The molecule has 24 heavy (non-hydrogen) atoms. The van der Waals surface area contributed by atoms with Crippen LogP contribution < -0.4 is 4.74 Å². The van der Waals surface area contributed by atoms with E-state index in [1.807, 2.05) is 47.4 Å². The second-order valence-corrected chi connectivity index (χ2v) is 6.45. The number of hydrogen-bond acceptors (Lipinski definition) is 4. The van der Waals surface area contributed by atoms with Gasteiger partial charge in [0.2, 0.25) is 5.91 Å². The van der Waals surface area contributed by atoms with Crippen LogP contribution in [0.25, 0.3) is 0 Å². The molecule has 1 atom stereocenters. The van der Waals surface area contributed by atoms with Crippen LogP contribution in [0.5, 0.6) is 11.7 Å². The van der Waals surface area contributed by atoms with Gasteiger partial charge in [0.1, 0.15) is 11.5 Å². The van der Waals surface area contributed by atoms with E-state index in [4.69, 9.17) is 9.15 Å². The van der Waals surface area contributed by atoms with Crippen molar-refractivity contribution in [1.82, 2.24) is 9.80 Å². The molecule has 2 heterocycles. The first kappa shape index (κ1) is 16.6. The fraction of sp³-hybridized carbons (Fsp3) is 0.421. The summed E-state index contributed by atoms with van der Waals surface area (Å²) in [6.45, 7) is 5.07. The molecule has 1 aliphatic rings. The first-order chi connectivity index (χ1) is 11.6. The molecule has 1 aromatic heterocycles. The van der Waals surface area contributed by atoms with Gasteiger partial charge in [-0.05, 0) is 37.6 Å². The number of amides is 1. The molecule has 2 aromatic rings. The Morgan fingerprint density at radius 2 is 2.08 bits per heavy atom. The summed E-state index contributed by atoms with van der Waals surface area (Å²) >= 11 is 0. The predicted octanol–water partition coefficient (Wildman–Crippen LogP) is 3.37. The molecular weight excluding hydrogens is 304 g/mol. The number of carbonyl (C=O) groups excluding carboxylic acids is 1. The fourth-order valence-electron chi connectivity index (χ4n) is 3.14. The summed E-state index contributed by atoms with van der Waals surface area (Å²) < 4.78 is 11.4. The third-order valence-corrected chi connectivity index (χ3v) is 4.33. The van der Waals surface area contributed by atoms with Gasteiger partial charge in [-0.3, -0.25) is 9.69 Å². The van der Waals surface area contributed by atoms with Gasteiger partial charge in [0.05, 0.1) is 6.54 Å². The molecule has 1 aliphatic heterocycles. The highest BCUT2D eigenvalue weighted by Gasteiger charge is 2.25. The molecule has 1 amide bonds. The average Bonchev–Trinajstić information content (AvgIpc) is 3.18. The number of benzene rings is 1. The summed E-state index contributed by atoms with van der Waals surface area (Å²) in [5.74, 6) is 2.86. The Bertz CT molecular complexity index is 668. The third kappa shape index (κ3) is 4.38. The van der Waals surface area contributed by atoms with E-state index in [9.17, 15) is 4.79 Å². The zero-order valence-corrected chi connectivity index (χ0v) is 14.3. The maximum Gasteiger partial charge on any atom is 0.290 e. The van der Waals surface area contributed by atoms with Crippen LogP contribution in [0.2, 0.25) is 0 Å². The highest BCUT2D eigenvalue weighted by Crippen LogP contribution is 2.24. The van der Waals surface area contributed by atoms with Crippen molar-refractivity contribution >= 4 is 5.91 Å². The number of ether oxygens (including phenoxy) is 1. The Morgan fingerprint density at radius 1 is 1.29 bits per heavy atom. The lowest BCUT2D eigenvalue weighted by molar-refractivity contribution is -0.127. The van der Waals surface area contributed by atoms with E-state index in [1.165, 1.54) is 0 Å². The second-order valence-electron chi connectivity index (χ2n) is 6.45. The molecule has 0 bridgehead atoms. The first-order valence-corrected chi connectivity index (χ1v) is 8.36. The van der Waals surface area contributed by atoms with E-state index in [1.54, 1.807) is 6.92 Å². The van der Waals surface area contributed by atoms with Crippen LogP contribution in [-0.2, 0) is 11.3 Å². The van der Waals surface area contributed by atoms with Crippen molar-refractivity contribution in [3.05, 3.63) is 48.2 Å². The molecule has 0 N–H and O–H groups in total. The van der Waals surface area contributed by atoms with Crippen LogP contribution >= 0.6 is 0 Å². The van der Waals surface area contributed by atoms with E-state index in [2.05, 4.69) is 11.9 Å². The monoisotopic (exact) mass is 328 g/mol. The van der Waals surface area contributed by atoms with Crippen LogP contribution in [0.15, 0.2) is 46.9 Å². The minimum atomic E-state index is 0.175. The van der Waals surface area contributed by atoms with Crippen molar-refractivity contribution in [3.8, 4) is 11.7 Å². The van der Waals surface area contributed by atoms with Crippen molar-refractivity contribution in [2.75, 3.05) is 26.7 Å². The molecular formula is C19H24N2O3. The Morgan fingerprint density at radius 3 is 2.79 bits per heavy atom. The Kier molecular flexibility index (Phi) is 5.20. The van der Waals surface area contributed by atoms with Gasteiger partial charge < -0.3 is 14.1 Å². The topological polar surface area (TPSA) is 45.9 Å². The van der Waals surface area contributed by atoms with E-state index < -0.39 is 0 Å². The van der Waals surface area contributed by atoms with Crippen molar-refractivity contribution in [3.63, 3.8) is 0 Å². The standard InChI is InChI=1S/C19H24N2O3/c1-15(22)21-11-10-16(13-21)12-20(2)14-18-8-9-19(24-18)23-17-6-4-3-5-7-17/h3-9,16H,10-14H2,1-2H3/t16-/m1/s1. The summed E-state index contributed by atoms with van der Waals surface area (Å²) in [7, 11) is 2.08. The minimum Gasteiger partial charge on any atom is -0.429 e. The number of likely N-dealkylation sites (tertiary alicyclic amines) is 1. The third-order valence-electron chi connectivity index (χ3n) is 4.33. The molecule has 5 nitrogen and oxygen atoms in total. The van der Waals surface area contributed by atoms with Gasteiger partial charge in [0, 0.05) is 32.6 Å². The van der Waals surface area contributed by atoms with E-state index in [0.29, 0.717) is 11.9 Å². The fourth-order valence-corrected chi connectivity index (χ4v) is 3.14. The summed E-state index contributed by atoms with van der Waals surface area (Å²) in [5, 5.41) is 0. The molecule has 1 saturated heterocycles. The quantitative estimate of drug-likeness (QED) is 0.815. The molecule has 1 fully saturated rings. The second kappa shape index (κ2) is 7.53. The van der Waals surface area contributed by atoms with Crippen LogP contribution in [-0.4, -0.2) is 42.4 Å². The van der Waals surface area contributed by atoms with Crippen LogP contribution in [0.3, 0.4) is 0 Å². The highest BCUT2D eigenvalue weighted by atomic mass is 16.6. The predicted molar refractivity (Wildman–Crippen MR) is 91.9 cm³/mol. The Balaban J connectivity index is 1.48. The van der Waals surface area contributed by atoms with Crippen molar-refractivity contribution < 1.29 is 13.9 Å².